The summed E-state index contributed by atoms with van der Waals surface area (Å²) in [5.41, 5.74) is 0.786. The van der Waals surface area contributed by atoms with E-state index in [1.165, 1.54) is 12.8 Å². The van der Waals surface area contributed by atoms with Gasteiger partial charge in [0.25, 0.3) is 0 Å². The fourth-order valence-electron chi connectivity index (χ4n) is 4.18. The number of ether oxygens (including phenoxy) is 2. The first kappa shape index (κ1) is 18.5. The third kappa shape index (κ3) is 4.71. The predicted octanol–water partition coefficient (Wildman–Crippen LogP) is 2.87. The molecule has 0 unspecified atom stereocenters. The van der Waals surface area contributed by atoms with Crippen molar-refractivity contribution in [2.45, 2.75) is 50.7 Å². The first-order valence-electron chi connectivity index (χ1n) is 10.3. The van der Waals surface area contributed by atoms with E-state index in [1.807, 2.05) is 17.0 Å². The normalized spacial score (nSPS) is 25.1. The summed E-state index contributed by atoms with van der Waals surface area (Å²) in [4.78, 5) is 21.8. The van der Waals surface area contributed by atoms with Crippen LogP contribution in [0.15, 0.2) is 18.3 Å². The minimum atomic E-state index is -0.0885. The number of anilines is 2. The van der Waals surface area contributed by atoms with Crippen molar-refractivity contribution in [3.05, 3.63) is 18.3 Å². The number of nitrogens with one attached hydrogen (secondary N) is 1. The van der Waals surface area contributed by atoms with E-state index in [-0.39, 0.29) is 18.2 Å². The SMILES string of the molecule is O=C(Nc1cccnc1N1CCCC1)N(C[C@H]1CCCO1)C[C@H]1CCCO1. The molecule has 27 heavy (non-hydrogen) atoms. The first-order chi connectivity index (χ1) is 13.3. The summed E-state index contributed by atoms with van der Waals surface area (Å²) in [6.45, 7) is 4.81. The van der Waals surface area contributed by atoms with Crippen molar-refractivity contribution in [3.63, 3.8) is 0 Å². The lowest BCUT2D eigenvalue weighted by Crippen LogP contribution is -2.44. The number of carbonyl (C=O) groups excluding carboxylic acids is 1. The maximum Gasteiger partial charge on any atom is 0.322 e. The van der Waals surface area contributed by atoms with E-state index >= 15 is 0 Å². The molecule has 3 fully saturated rings. The molecule has 1 aromatic rings. The van der Waals surface area contributed by atoms with Crippen molar-refractivity contribution in [1.29, 1.82) is 0 Å². The highest BCUT2D eigenvalue weighted by Crippen LogP contribution is 2.27. The van der Waals surface area contributed by atoms with E-state index in [0.717, 1.165) is 63.5 Å². The molecule has 2 atom stereocenters. The fraction of sp³-hybridized carbons (Fsp3) is 0.700. The zero-order valence-electron chi connectivity index (χ0n) is 15.9. The van der Waals surface area contributed by atoms with E-state index in [0.29, 0.717) is 13.1 Å². The molecule has 3 saturated heterocycles. The summed E-state index contributed by atoms with van der Waals surface area (Å²) >= 11 is 0. The number of rotatable bonds is 6. The van der Waals surface area contributed by atoms with Crippen LogP contribution in [0.4, 0.5) is 16.3 Å². The molecule has 4 heterocycles. The van der Waals surface area contributed by atoms with Gasteiger partial charge in [0.15, 0.2) is 5.82 Å². The Balaban J connectivity index is 1.45. The van der Waals surface area contributed by atoms with E-state index in [4.69, 9.17) is 9.47 Å². The number of nitrogens with zero attached hydrogens (tertiary/aromatic N) is 3. The highest BCUT2D eigenvalue weighted by molar-refractivity contribution is 5.92. The Labute approximate surface area is 161 Å². The standard InChI is InChI=1S/C20H30N4O3/c25-20(22-18-8-3-9-21-19(18)23-10-1-2-11-23)24(14-16-6-4-12-26-16)15-17-7-5-13-27-17/h3,8-9,16-17H,1-2,4-7,10-15H2,(H,22,25)/t16-,17-/m1/s1. The van der Waals surface area contributed by atoms with Crippen molar-refractivity contribution >= 4 is 17.5 Å². The summed E-state index contributed by atoms with van der Waals surface area (Å²) in [7, 11) is 0. The lowest BCUT2D eigenvalue weighted by molar-refractivity contribution is 0.0524. The second-order valence-electron chi connectivity index (χ2n) is 7.67. The van der Waals surface area contributed by atoms with E-state index in [1.54, 1.807) is 6.20 Å². The van der Waals surface area contributed by atoms with Gasteiger partial charge in [-0.3, -0.25) is 0 Å². The maximum absolute atomic E-state index is 13.1. The molecule has 0 spiro atoms. The first-order valence-corrected chi connectivity index (χ1v) is 10.3. The van der Waals surface area contributed by atoms with Crippen LogP contribution in [-0.2, 0) is 9.47 Å². The molecule has 0 saturated carbocycles. The summed E-state index contributed by atoms with van der Waals surface area (Å²) in [6.07, 6.45) is 8.57. The van der Waals surface area contributed by atoms with Crippen LogP contribution in [-0.4, -0.2) is 67.5 Å². The number of pyridine rings is 1. The number of hydrogen-bond acceptors (Lipinski definition) is 5. The van der Waals surface area contributed by atoms with Crippen LogP contribution in [0.3, 0.4) is 0 Å². The van der Waals surface area contributed by atoms with Gasteiger partial charge in [0, 0.05) is 45.6 Å². The van der Waals surface area contributed by atoms with Gasteiger partial charge in [-0.25, -0.2) is 9.78 Å². The van der Waals surface area contributed by atoms with Crippen molar-refractivity contribution < 1.29 is 14.3 Å². The Hall–Kier alpha value is -1.86. The molecule has 0 aromatic carbocycles. The zero-order valence-corrected chi connectivity index (χ0v) is 15.9. The van der Waals surface area contributed by atoms with Crippen LogP contribution < -0.4 is 10.2 Å². The molecule has 7 heteroatoms. The Morgan fingerprint density at radius 2 is 1.78 bits per heavy atom. The topological polar surface area (TPSA) is 66.9 Å². The van der Waals surface area contributed by atoms with Crippen LogP contribution in [0.1, 0.15) is 38.5 Å². The van der Waals surface area contributed by atoms with E-state index < -0.39 is 0 Å². The molecule has 4 rings (SSSR count). The molecule has 0 bridgehead atoms. The van der Waals surface area contributed by atoms with Crippen LogP contribution >= 0.6 is 0 Å². The van der Waals surface area contributed by atoms with Crippen molar-refractivity contribution in [1.82, 2.24) is 9.88 Å². The van der Waals surface area contributed by atoms with E-state index in [2.05, 4.69) is 15.2 Å². The molecule has 0 radical (unpaired) electrons. The van der Waals surface area contributed by atoms with Gasteiger partial charge in [0.2, 0.25) is 0 Å². The maximum atomic E-state index is 13.1. The lowest BCUT2D eigenvalue weighted by atomic mass is 10.2. The average Bonchev–Trinajstić information content (AvgIpc) is 3.45. The predicted molar refractivity (Wildman–Crippen MR) is 104 cm³/mol. The number of carbonyl (C=O) groups is 1. The van der Waals surface area contributed by atoms with Gasteiger partial charge in [-0.2, -0.15) is 0 Å². The summed E-state index contributed by atoms with van der Waals surface area (Å²) in [6, 6.07) is 3.73. The molecule has 148 valence electrons. The third-order valence-electron chi connectivity index (χ3n) is 5.62. The Morgan fingerprint density at radius 1 is 1.11 bits per heavy atom. The molecule has 1 aromatic heterocycles. The Morgan fingerprint density at radius 3 is 2.37 bits per heavy atom. The average molecular weight is 374 g/mol. The van der Waals surface area contributed by atoms with Crippen molar-refractivity contribution in [2.24, 2.45) is 0 Å². The number of hydrogen-bond donors (Lipinski definition) is 1. The van der Waals surface area contributed by atoms with Gasteiger partial charge in [-0.05, 0) is 50.7 Å². The largest absolute Gasteiger partial charge is 0.376 e. The minimum Gasteiger partial charge on any atom is -0.376 e. The number of urea groups is 1. The molecule has 3 aliphatic rings. The zero-order chi connectivity index (χ0) is 18.5. The van der Waals surface area contributed by atoms with Crippen molar-refractivity contribution in [3.8, 4) is 0 Å². The highest BCUT2D eigenvalue weighted by Gasteiger charge is 2.28. The molecule has 0 aliphatic carbocycles. The Bertz CT molecular complexity index is 605. The Kier molecular flexibility index (Phi) is 6.09. The quantitative estimate of drug-likeness (QED) is 0.829. The van der Waals surface area contributed by atoms with Crippen LogP contribution in [0.25, 0.3) is 0 Å². The second kappa shape index (κ2) is 8.89. The van der Waals surface area contributed by atoms with Gasteiger partial charge in [0.05, 0.1) is 17.9 Å². The smallest absolute Gasteiger partial charge is 0.322 e. The molecular weight excluding hydrogens is 344 g/mol. The summed E-state index contributed by atoms with van der Waals surface area (Å²) in [5.74, 6) is 0.873. The van der Waals surface area contributed by atoms with Crippen LogP contribution in [0.2, 0.25) is 0 Å². The summed E-state index contributed by atoms with van der Waals surface area (Å²) < 4.78 is 11.5. The highest BCUT2D eigenvalue weighted by atomic mass is 16.5. The molecular formula is C20H30N4O3. The molecule has 3 aliphatic heterocycles. The molecule has 7 nitrogen and oxygen atoms in total. The fourth-order valence-corrected chi connectivity index (χ4v) is 4.18. The minimum absolute atomic E-state index is 0.0885. The van der Waals surface area contributed by atoms with Gasteiger partial charge >= 0.3 is 6.03 Å². The summed E-state index contributed by atoms with van der Waals surface area (Å²) in [5, 5.41) is 3.11. The van der Waals surface area contributed by atoms with Gasteiger partial charge in [-0.15, -0.1) is 0 Å². The third-order valence-corrected chi connectivity index (χ3v) is 5.62. The second-order valence-corrected chi connectivity index (χ2v) is 7.67. The van der Waals surface area contributed by atoms with Crippen molar-refractivity contribution in [2.75, 3.05) is 49.6 Å². The van der Waals surface area contributed by atoms with Crippen LogP contribution in [0, 0.1) is 0 Å². The molecule has 2 amide bonds. The molecule has 1 N–H and O–H groups in total. The monoisotopic (exact) mass is 374 g/mol. The number of aromatic nitrogens is 1. The lowest BCUT2D eigenvalue weighted by Gasteiger charge is -2.29. The van der Waals surface area contributed by atoms with Gasteiger partial charge < -0.3 is 24.6 Å². The van der Waals surface area contributed by atoms with Crippen LogP contribution in [0.5, 0.6) is 0 Å². The van der Waals surface area contributed by atoms with Gasteiger partial charge in [-0.1, -0.05) is 0 Å². The van der Waals surface area contributed by atoms with Gasteiger partial charge in [0.1, 0.15) is 0 Å². The number of amides is 2. The van der Waals surface area contributed by atoms with E-state index in [9.17, 15) is 4.79 Å².